The van der Waals surface area contributed by atoms with Gasteiger partial charge in [0.1, 0.15) is 0 Å². The fraction of sp³-hybridized carbons (Fsp3) is 0.889. The van der Waals surface area contributed by atoms with Crippen LogP contribution in [0.2, 0.25) is 0 Å². The predicted octanol–water partition coefficient (Wildman–Crippen LogP) is 1.89. The molecule has 0 N–H and O–H groups in total. The maximum atomic E-state index is 11.3. The Morgan fingerprint density at radius 3 is 2.75 bits per heavy atom. The zero-order chi connectivity index (χ0) is 9.14. The lowest BCUT2D eigenvalue weighted by Crippen LogP contribution is -2.30. The Morgan fingerprint density at radius 2 is 2.33 bits per heavy atom. The molecule has 1 heterocycles. The minimum Gasteiger partial charge on any atom is -0.342 e. The van der Waals surface area contributed by atoms with E-state index < -0.39 is 0 Å². The van der Waals surface area contributed by atoms with Gasteiger partial charge in [-0.25, -0.2) is 0 Å². The van der Waals surface area contributed by atoms with E-state index in [-0.39, 0.29) is 5.91 Å². The zero-order valence-electron chi connectivity index (χ0n) is 7.72. The summed E-state index contributed by atoms with van der Waals surface area (Å²) in [6.45, 7) is 6.37. The number of nitrogens with zero attached hydrogens (tertiary/aromatic N) is 1. The summed E-state index contributed by atoms with van der Waals surface area (Å²) in [7, 11) is 0. The van der Waals surface area contributed by atoms with Crippen molar-refractivity contribution in [1.29, 1.82) is 0 Å². The number of rotatable bonds is 2. The highest BCUT2D eigenvalue weighted by atomic mass is 79.9. The lowest BCUT2D eigenvalue weighted by atomic mass is 9.95. The number of carbonyl (C=O) groups excluding carboxylic acids is 1. The van der Waals surface area contributed by atoms with E-state index in [9.17, 15) is 4.79 Å². The van der Waals surface area contributed by atoms with Crippen LogP contribution in [0.1, 0.15) is 20.3 Å². The summed E-state index contributed by atoms with van der Waals surface area (Å²) in [6, 6.07) is 0. The number of amides is 1. The van der Waals surface area contributed by atoms with Crippen molar-refractivity contribution in [3.05, 3.63) is 0 Å². The van der Waals surface area contributed by atoms with Crippen molar-refractivity contribution in [2.45, 2.75) is 20.3 Å². The summed E-state index contributed by atoms with van der Waals surface area (Å²) < 4.78 is 0. The van der Waals surface area contributed by atoms with E-state index in [1.807, 2.05) is 4.90 Å². The van der Waals surface area contributed by atoms with Gasteiger partial charge in [-0.2, -0.15) is 0 Å². The van der Waals surface area contributed by atoms with Crippen LogP contribution in [0.4, 0.5) is 0 Å². The van der Waals surface area contributed by atoms with Crippen molar-refractivity contribution in [2.75, 3.05) is 18.4 Å². The molecule has 0 aromatic rings. The van der Waals surface area contributed by atoms with Crippen LogP contribution in [-0.2, 0) is 4.79 Å². The van der Waals surface area contributed by atoms with Gasteiger partial charge in [0.15, 0.2) is 0 Å². The van der Waals surface area contributed by atoms with Crippen molar-refractivity contribution in [1.82, 2.24) is 4.90 Å². The lowest BCUT2D eigenvalue weighted by Gasteiger charge is -2.16. The van der Waals surface area contributed by atoms with Gasteiger partial charge in [-0.05, 0) is 18.3 Å². The van der Waals surface area contributed by atoms with Crippen molar-refractivity contribution >= 4 is 21.8 Å². The maximum Gasteiger partial charge on any atom is 0.233 e. The third-order valence-corrected chi connectivity index (χ3v) is 3.11. The van der Waals surface area contributed by atoms with Crippen LogP contribution in [0.3, 0.4) is 0 Å². The molecule has 1 atom stereocenters. The molecule has 12 heavy (non-hydrogen) atoms. The second kappa shape index (κ2) is 4.26. The van der Waals surface area contributed by atoms with Crippen molar-refractivity contribution < 1.29 is 4.79 Å². The number of alkyl halides is 1. The van der Waals surface area contributed by atoms with Crippen LogP contribution < -0.4 is 0 Å². The van der Waals surface area contributed by atoms with E-state index in [0.29, 0.717) is 17.2 Å². The Bertz CT molecular complexity index is 170. The maximum absolute atomic E-state index is 11.3. The summed E-state index contributed by atoms with van der Waals surface area (Å²) in [5, 5.41) is 0.470. The Hall–Kier alpha value is -0.0500. The molecule has 1 amide bonds. The van der Waals surface area contributed by atoms with Gasteiger partial charge in [-0.3, -0.25) is 4.79 Å². The first-order chi connectivity index (χ1) is 5.65. The Kier molecular flexibility index (Phi) is 3.56. The first kappa shape index (κ1) is 10.0. The standard InChI is InChI=1S/C9H16BrNO/c1-7(2)8-3-4-11(6-8)9(12)5-10/h7-8H,3-6H2,1-2H3. The third kappa shape index (κ3) is 2.22. The fourth-order valence-electron chi connectivity index (χ4n) is 1.64. The highest BCUT2D eigenvalue weighted by Crippen LogP contribution is 2.23. The quantitative estimate of drug-likeness (QED) is 0.668. The van der Waals surface area contributed by atoms with Crippen molar-refractivity contribution in [3.8, 4) is 0 Å². The van der Waals surface area contributed by atoms with E-state index in [1.54, 1.807) is 0 Å². The molecule has 70 valence electrons. The normalized spacial score (nSPS) is 23.7. The molecule has 1 saturated heterocycles. The molecule has 3 heteroatoms. The van der Waals surface area contributed by atoms with Crippen molar-refractivity contribution in [3.63, 3.8) is 0 Å². The van der Waals surface area contributed by atoms with Crippen LogP contribution >= 0.6 is 15.9 Å². The average molecular weight is 234 g/mol. The summed E-state index contributed by atoms with van der Waals surface area (Å²) >= 11 is 3.19. The molecule has 1 aliphatic heterocycles. The second-order valence-corrected chi connectivity index (χ2v) is 4.33. The minimum absolute atomic E-state index is 0.234. The number of hydrogen-bond donors (Lipinski definition) is 0. The van der Waals surface area contributed by atoms with Crippen LogP contribution in [0.25, 0.3) is 0 Å². The molecule has 0 aromatic carbocycles. The van der Waals surface area contributed by atoms with E-state index in [2.05, 4.69) is 29.8 Å². The van der Waals surface area contributed by atoms with Gasteiger partial charge in [0, 0.05) is 13.1 Å². The predicted molar refractivity (Wildman–Crippen MR) is 53.3 cm³/mol. The molecule has 1 fully saturated rings. The summed E-state index contributed by atoms with van der Waals surface area (Å²) in [5.41, 5.74) is 0. The molecular formula is C9H16BrNO. The third-order valence-electron chi connectivity index (χ3n) is 2.63. The van der Waals surface area contributed by atoms with Gasteiger partial charge in [0.2, 0.25) is 5.91 Å². The molecule has 2 nitrogen and oxygen atoms in total. The first-order valence-corrected chi connectivity index (χ1v) is 5.61. The van der Waals surface area contributed by atoms with Gasteiger partial charge < -0.3 is 4.90 Å². The highest BCUT2D eigenvalue weighted by molar-refractivity contribution is 9.09. The highest BCUT2D eigenvalue weighted by Gasteiger charge is 2.27. The molecule has 1 unspecified atom stereocenters. The number of halogens is 1. The summed E-state index contributed by atoms with van der Waals surface area (Å²) in [4.78, 5) is 13.2. The van der Waals surface area contributed by atoms with Crippen LogP contribution in [-0.4, -0.2) is 29.2 Å². The molecule has 1 rings (SSSR count). The molecule has 0 bridgehead atoms. The Balaban J connectivity index is 2.40. The van der Waals surface area contributed by atoms with Gasteiger partial charge in [-0.1, -0.05) is 29.8 Å². The van der Waals surface area contributed by atoms with E-state index >= 15 is 0 Å². The molecular weight excluding hydrogens is 218 g/mol. The Labute approximate surface area is 82.4 Å². The second-order valence-electron chi connectivity index (χ2n) is 3.77. The average Bonchev–Trinajstić information content (AvgIpc) is 2.51. The van der Waals surface area contributed by atoms with Gasteiger partial charge in [0.05, 0.1) is 5.33 Å². The molecule has 0 spiro atoms. The van der Waals surface area contributed by atoms with Crippen LogP contribution in [0.5, 0.6) is 0 Å². The van der Waals surface area contributed by atoms with E-state index in [1.165, 1.54) is 6.42 Å². The topological polar surface area (TPSA) is 20.3 Å². The van der Waals surface area contributed by atoms with Crippen molar-refractivity contribution in [2.24, 2.45) is 11.8 Å². The smallest absolute Gasteiger partial charge is 0.233 e. The first-order valence-electron chi connectivity index (χ1n) is 4.49. The van der Waals surface area contributed by atoms with Crippen LogP contribution in [0.15, 0.2) is 0 Å². The molecule has 0 aliphatic carbocycles. The molecule has 1 aliphatic rings. The molecule has 0 aromatic heterocycles. The monoisotopic (exact) mass is 233 g/mol. The summed E-state index contributed by atoms with van der Waals surface area (Å²) in [5.74, 6) is 1.66. The fourth-order valence-corrected chi connectivity index (χ4v) is 2.00. The van der Waals surface area contributed by atoms with Gasteiger partial charge in [-0.15, -0.1) is 0 Å². The van der Waals surface area contributed by atoms with Crippen LogP contribution in [0, 0.1) is 11.8 Å². The summed E-state index contributed by atoms with van der Waals surface area (Å²) in [6.07, 6.45) is 1.18. The van der Waals surface area contributed by atoms with E-state index in [4.69, 9.17) is 0 Å². The van der Waals surface area contributed by atoms with Gasteiger partial charge in [0.25, 0.3) is 0 Å². The number of carbonyl (C=O) groups is 1. The number of likely N-dealkylation sites (tertiary alicyclic amines) is 1. The SMILES string of the molecule is CC(C)C1CCN(C(=O)CBr)C1. The minimum atomic E-state index is 0.234. The van der Waals surface area contributed by atoms with Gasteiger partial charge >= 0.3 is 0 Å². The molecule has 0 saturated carbocycles. The lowest BCUT2D eigenvalue weighted by molar-refractivity contribution is -0.127. The zero-order valence-corrected chi connectivity index (χ0v) is 9.30. The molecule has 0 radical (unpaired) electrons. The Morgan fingerprint density at radius 1 is 1.67 bits per heavy atom. The number of hydrogen-bond acceptors (Lipinski definition) is 1. The largest absolute Gasteiger partial charge is 0.342 e. The van der Waals surface area contributed by atoms with E-state index in [0.717, 1.165) is 13.1 Å².